The molecule has 0 aromatic heterocycles. The number of allylic oxidation sites excluding steroid dienone is 2. The van der Waals surface area contributed by atoms with Crippen LogP contribution in [0.25, 0.3) is 11.1 Å². The summed E-state index contributed by atoms with van der Waals surface area (Å²) in [7, 11) is 0. The van der Waals surface area contributed by atoms with Crippen LogP contribution in [-0.4, -0.2) is 8.76 Å². The van der Waals surface area contributed by atoms with Crippen LogP contribution in [-0.2, 0) is 16.8 Å². The molecule has 126 valence electrons. The Bertz CT molecular complexity index is 826. The Morgan fingerprint density at radius 2 is 1.54 bits per heavy atom. The largest absolute Gasteiger partial charge is 0.306 e. The maximum absolute atomic E-state index is 14.1. The van der Waals surface area contributed by atoms with Gasteiger partial charge in [0.15, 0.2) is 11.1 Å². The lowest BCUT2D eigenvalue weighted by molar-refractivity contribution is 0.559. The van der Waals surface area contributed by atoms with Crippen molar-refractivity contribution in [1.29, 1.82) is 0 Å². The van der Waals surface area contributed by atoms with E-state index >= 15 is 0 Å². The maximum atomic E-state index is 14.1. The Morgan fingerprint density at radius 3 is 2.12 bits per heavy atom. The van der Waals surface area contributed by atoms with E-state index in [1.54, 1.807) is 6.07 Å². The molecule has 0 fully saturated rings. The minimum Gasteiger partial charge on any atom is -0.306 e. The highest BCUT2D eigenvalue weighted by Gasteiger charge is 2.20. The van der Waals surface area contributed by atoms with Gasteiger partial charge in [0.1, 0.15) is 17.5 Å². The molecule has 0 heterocycles. The van der Waals surface area contributed by atoms with E-state index in [9.17, 15) is 17.4 Å². The summed E-state index contributed by atoms with van der Waals surface area (Å²) in [6, 6.07) is 7.86. The molecule has 0 saturated heterocycles. The minimum atomic E-state index is -2.11. The Hall–Kier alpha value is -1.92. The van der Waals surface area contributed by atoms with Crippen molar-refractivity contribution in [1.82, 2.24) is 0 Å². The lowest BCUT2D eigenvalue weighted by Crippen LogP contribution is -1.98. The summed E-state index contributed by atoms with van der Waals surface area (Å²) < 4.78 is 60.8. The van der Waals surface area contributed by atoms with Crippen LogP contribution in [0, 0.1) is 17.5 Å². The van der Waals surface area contributed by atoms with Gasteiger partial charge in [0.05, 0.1) is 5.75 Å². The van der Waals surface area contributed by atoms with E-state index in [4.69, 9.17) is 4.55 Å². The van der Waals surface area contributed by atoms with Crippen molar-refractivity contribution in [3.05, 3.63) is 70.5 Å². The lowest BCUT2D eigenvalue weighted by Gasteiger charge is -2.10. The van der Waals surface area contributed by atoms with Gasteiger partial charge in [-0.1, -0.05) is 12.1 Å². The van der Waals surface area contributed by atoms with Gasteiger partial charge in [-0.15, -0.1) is 0 Å². The topological polar surface area (TPSA) is 37.3 Å². The average Bonchev–Trinajstić information content (AvgIpc) is 2.97. The second-order valence-electron chi connectivity index (χ2n) is 5.74. The Balaban J connectivity index is 2.03. The van der Waals surface area contributed by atoms with Crippen LogP contribution in [0.5, 0.6) is 0 Å². The molecule has 2 aromatic rings. The van der Waals surface area contributed by atoms with Gasteiger partial charge in [-0.25, -0.2) is 17.4 Å². The van der Waals surface area contributed by atoms with Gasteiger partial charge >= 0.3 is 0 Å². The van der Waals surface area contributed by atoms with Crippen LogP contribution in [0.3, 0.4) is 0 Å². The molecular formula is C18H15F3O2S. The van der Waals surface area contributed by atoms with Crippen LogP contribution in [0.4, 0.5) is 13.2 Å². The molecule has 2 aromatic carbocycles. The van der Waals surface area contributed by atoms with Crippen molar-refractivity contribution in [2.75, 3.05) is 0 Å². The summed E-state index contributed by atoms with van der Waals surface area (Å²) in [6.07, 6.45) is 2.19. The Kier molecular flexibility index (Phi) is 4.87. The number of hydrogen-bond acceptors (Lipinski definition) is 1. The summed E-state index contributed by atoms with van der Waals surface area (Å²) in [4.78, 5) is 0. The fraction of sp³-hybridized carbons (Fsp3) is 0.222. The van der Waals surface area contributed by atoms with Crippen LogP contribution in [0.1, 0.15) is 36.0 Å². The number of rotatable bonds is 4. The van der Waals surface area contributed by atoms with Gasteiger partial charge < -0.3 is 4.55 Å². The molecule has 1 aliphatic carbocycles. The molecule has 0 bridgehead atoms. The first-order chi connectivity index (χ1) is 11.4. The Labute approximate surface area is 140 Å². The highest BCUT2D eigenvalue weighted by atomic mass is 32.2. The van der Waals surface area contributed by atoms with Crippen LogP contribution in [0.2, 0.25) is 0 Å². The quantitative estimate of drug-likeness (QED) is 0.793. The molecule has 0 amide bonds. The van der Waals surface area contributed by atoms with E-state index in [2.05, 4.69) is 0 Å². The van der Waals surface area contributed by atoms with Gasteiger partial charge in [-0.2, -0.15) is 0 Å². The molecular weight excluding hydrogens is 337 g/mol. The average molecular weight is 352 g/mol. The third kappa shape index (κ3) is 3.60. The van der Waals surface area contributed by atoms with E-state index < -0.39 is 28.5 Å². The molecule has 6 heteroatoms. The molecule has 0 saturated carbocycles. The molecule has 0 radical (unpaired) electrons. The first-order valence-electron chi connectivity index (χ1n) is 7.49. The van der Waals surface area contributed by atoms with Gasteiger partial charge in [0.2, 0.25) is 0 Å². The van der Waals surface area contributed by atoms with Crippen molar-refractivity contribution < 1.29 is 21.9 Å². The van der Waals surface area contributed by atoms with Gasteiger partial charge in [-0.05, 0) is 59.7 Å². The molecule has 1 N–H and O–H groups in total. The zero-order chi connectivity index (χ0) is 17.3. The van der Waals surface area contributed by atoms with E-state index in [-0.39, 0.29) is 11.3 Å². The van der Waals surface area contributed by atoms with Crippen LogP contribution < -0.4 is 0 Å². The van der Waals surface area contributed by atoms with Crippen molar-refractivity contribution in [2.24, 2.45) is 0 Å². The number of benzene rings is 2. The molecule has 24 heavy (non-hydrogen) atoms. The van der Waals surface area contributed by atoms with E-state index in [0.717, 1.165) is 23.6 Å². The zero-order valence-corrected chi connectivity index (χ0v) is 13.5. The normalized spacial score (nSPS) is 15.8. The third-order valence-electron chi connectivity index (χ3n) is 4.11. The van der Waals surface area contributed by atoms with Gasteiger partial charge in [0.25, 0.3) is 0 Å². The number of halogens is 3. The van der Waals surface area contributed by atoms with Crippen molar-refractivity contribution in [3.8, 4) is 0 Å². The van der Waals surface area contributed by atoms with E-state index in [0.29, 0.717) is 24.0 Å². The highest BCUT2D eigenvalue weighted by molar-refractivity contribution is 7.78. The number of hydrogen-bond donors (Lipinski definition) is 1. The minimum absolute atomic E-state index is 0.163. The van der Waals surface area contributed by atoms with Crippen LogP contribution >= 0.6 is 0 Å². The van der Waals surface area contributed by atoms with Crippen molar-refractivity contribution >= 4 is 22.2 Å². The Morgan fingerprint density at radius 1 is 0.917 bits per heavy atom. The van der Waals surface area contributed by atoms with E-state index in [1.807, 2.05) is 0 Å². The molecule has 0 spiro atoms. The fourth-order valence-electron chi connectivity index (χ4n) is 3.09. The van der Waals surface area contributed by atoms with Gasteiger partial charge in [0, 0.05) is 11.6 Å². The first-order valence-corrected chi connectivity index (χ1v) is 8.76. The second kappa shape index (κ2) is 6.91. The molecule has 1 atom stereocenters. The summed E-state index contributed by atoms with van der Waals surface area (Å²) in [5.74, 6) is -2.11. The van der Waals surface area contributed by atoms with Crippen LogP contribution in [0.15, 0.2) is 36.4 Å². The summed E-state index contributed by atoms with van der Waals surface area (Å²) >= 11 is -2.11. The third-order valence-corrected chi connectivity index (χ3v) is 4.67. The summed E-state index contributed by atoms with van der Waals surface area (Å²) in [5.41, 5.74) is 2.94. The molecule has 2 nitrogen and oxygen atoms in total. The molecule has 3 rings (SSSR count). The predicted octanol–water partition coefficient (Wildman–Crippen LogP) is 4.92. The lowest BCUT2D eigenvalue weighted by atomic mass is 9.96. The van der Waals surface area contributed by atoms with Crippen molar-refractivity contribution in [3.63, 3.8) is 0 Å². The molecule has 1 unspecified atom stereocenters. The highest BCUT2D eigenvalue weighted by Crippen LogP contribution is 2.40. The SMILES string of the molecule is O=S(O)Cc1ccc(C2=C(c3cc(F)cc(F)c3)CCC2)cc1F. The zero-order valence-electron chi connectivity index (χ0n) is 12.7. The monoisotopic (exact) mass is 352 g/mol. The summed E-state index contributed by atoms with van der Waals surface area (Å²) in [5, 5.41) is 0. The standard InChI is InChI=1S/C18H15F3O2S/c19-14-6-13(7-15(20)9-14)17-3-1-2-16(17)11-4-5-12(10-24(22)23)18(21)8-11/h4-9H,1-3,10H2,(H,22,23). The first kappa shape index (κ1) is 16.9. The molecule has 1 aliphatic rings. The maximum Gasteiger partial charge on any atom is 0.157 e. The fourth-order valence-corrected chi connectivity index (χ4v) is 3.59. The smallest absolute Gasteiger partial charge is 0.157 e. The van der Waals surface area contributed by atoms with E-state index in [1.165, 1.54) is 24.3 Å². The molecule has 0 aliphatic heterocycles. The van der Waals surface area contributed by atoms with Crippen molar-refractivity contribution in [2.45, 2.75) is 25.0 Å². The summed E-state index contributed by atoms with van der Waals surface area (Å²) in [6.45, 7) is 0. The predicted molar refractivity (Wildman–Crippen MR) is 87.9 cm³/mol. The van der Waals surface area contributed by atoms with Gasteiger partial charge in [-0.3, -0.25) is 0 Å². The second-order valence-corrected chi connectivity index (χ2v) is 6.67.